The number of rotatable bonds is 10. The molecule has 6 rings (SSSR count). The minimum atomic E-state index is 0.499. The summed E-state index contributed by atoms with van der Waals surface area (Å²) in [6.07, 6.45) is 4.40. The van der Waals surface area contributed by atoms with Crippen LogP contribution in [0.5, 0.6) is 23.0 Å². The normalized spacial score (nSPS) is 13.2. The van der Waals surface area contributed by atoms with Crippen LogP contribution in [0.4, 0.5) is 5.95 Å². The molecule has 0 fully saturated rings. The lowest BCUT2D eigenvalue weighted by Gasteiger charge is -2.29. The molecule has 41 heavy (non-hydrogen) atoms. The fourth-order valence-corrected chi connectivity index (χ4v) is 5.15. The zero-order chi connectivity index (χ0) is 28.3. The fraction of sp³-hybridized carbons (Fsp3) is 0.300. The second-order valence-corrected chi connectivity index (χ2v) is 9.73. The largest absolute Gasteiger partial charge is 0.493 e. The Balaban J connectivity index is 1.28. The predicted molar refractivity (Wildman–Crippen MR) is 153 cm³/mol. The van der Waals surface area contributed by atoms with Gasteiger partial charge in [0.2, 0.25) is 11.8 Å². The molecule has 4 heterocycles. The van der Waals surface area contributed by atoms with Gasteiger partial charge in [0.15, 0.2) is 34.4 Å². The smallest absolute Gasteiger partial charge is 0.226 e. The lowest BCUT2D eigenvalue weighted by Crippen LogP contribution is -2.30. The van der Waals surface area contributed by atoms with Crippen molar-refractivity contribution in [1.29, 1.82) is 0 Å². The molecular formula is C30H32N6O5. The number of hydrogen-bond donors (Lipinski definition) is 1. The monoisotopic (exact) mass is 556 g/mol. The van der Waals surface area contributed by atoms with Crippen LogP contribution >= 0.6 is 0 Å². The van der Waals surface area contributed by atoms with Gasteiger partial charge in [-0.15, -0.1) is 5.10 Å². The number of methoxy groups -OCH3 is 4. The number of benzene rings is 2. The van der Waals surface area contributed by atoms with Gasteiger partial charge in [0, 0.05) is 37.9 Å². The van der Waals surface area contributed by atoms with E-state index in [2.05, 4.69) is 22.3 Å². The van der Waals surface area contributed by atoms with Gasteiger partial charge in [0.25, 0.3) is 0 Å². The third-order valence-electron chi connectivity index (χ3n) is 7.27. The first-order chi connectivity index (χ1) is 20.1. The lowest BCUT2D eigenvalue weighted by atomic mass is 9.98. The highest BCUT2D eigenvalue weighted by atomic mass is 16.5. The molecule has 0 radical (unpaired) electrons. The van der Waals surface area contributed by atoms with E-state index >= 15 is 0 Å². The van der Waals surface area contributed by atoms with Gasteiger partial charge in [-0.1, -0.05) is 6.07 Å². The Morgan fingerprint density at radius 3 is 2.39 bits per heavy atom. The Hall–Kier alpha value is -4.77. The van der Waals surface area contributed by atoms with E-state index in [0.29, 0.717) is 42.1 Å². The van der Waals surface area contributed by atoms with Gasteiger partial charge in [-0.05, 0) is 59.5 Å². The molecule has 0 saturated heterocycles. The van der Waals surface area contributed by atoms with E-state index < -0.39 is 0 Å². The molecule has 5 aromatic rings. The van der Waals surface area contributed by atoms with Crippen molar-refractivity contribution in [3.05, 3.63) is 77.2 Å². The number of nitrogens with zero attached hydrogens (tertiary/aromatic N) is 5. The first-order valence-corrected chi connectivity index (χ1v) is 13.3. The Labute approximate surface area is 237 Å². The molecule has 0 amide bonds. The molecule has 0 saturated carbocycles. The number of nitrogens with one attached hydrogen (secondary N) is 1. The van der Waals surface area contributed by atoms with Gasteiger partial charge >= 0.3 is 0 Å². The van der Waals surface area contributed by atoms with Gasteiger partial charge in [-0.25, -0.2) is 9.97 Å². The van der Waals surface area contributed by atoms with E-state index in [9.17, 15) is 0 Å². The van der Waals surface area contributed by atoms with E-state index in [1.54, 1.807) is 39.2 Å². The van der Waals surface area contributed by atoms with E-state index in [1.165, 1.54) is 11.1 Å². The molecule has 0 spiro atoms. The first kappa shape index (κ1) is 26.5. The number of ether oxygens (including phenoxy) is 4. The van der Waals surface area contributed by atoms with Crippen molar-refractivity contribution < 1.29 is 23.4 Å². The van der Waals surface area contributed by atoms with Crippen LogP contribution in [0.3, 0.4) is 0 Å². The van der Waals surface area contributed by atoms with Crippen LogP contribution in [0.25, 0.3) is 17.2 Å². The van der Waals surface area contributed by atoms with E-state index in [1.807, 2.05) is 36.5 Å². The van der Waals surface area contributed by atoms with Crippen LogP contribution in [0.2, 0.25) is 0 Å². The van der Waals surface area contributed by atoms with Crippen molar-refractivity contribution in [3.8, 4) is 34.6 Å². The second-order valence-electron chi connectivity index (χ2n) is 9.73. The van der Waals surface area contributed by atoms with Crippen LogP contribution in [0, 0.1) is 0 Å². The zero-order valence-corrected chi connectivity index (χ0v) is 23.5. The van der Waals surface area contributed by atoms with Crippen LogP contribution in [-0.4, -0.2) is 59.5 Å². The standard InChI is InChI=1S/C30H32N6O5/c1-37-23-8-7-19(12-25(23)38-2)15-31-30-32-16-22(29-33-28(34-36(29)30)24-6-5-11-41-24)18-35-10-9-20-13-26(39-3)27(40-4)14-21(20)17-35/h5-8,11-14,16H,9-10,15,17-18H2,1-4H3,(H,31,32). The van der Waals surface area contributed by atoms with Gasteiger partial charge in [-0.2, -0.15) is 4.52 Å². The maximum Gasteiger partial charge on any atom is 0.226 e. The van der Waals surface area contributed by atoms with Crippen LogP contribution in [0.1, 0.15) is 22.3 Å². The van der Waals surface area contributed by atoms with Crippen LogP contribution in [0.15, 0.2) is 59.3 Å². The SMILES string of the molecule is COc1ccc(CNc2ncc(CN3CCc4cc(OC)c(OC)cc4C3)c3nc(-c4ccco4)nn23)cc1OC. The molecule has 0 aliphatic carbocycles. The molecule has 1 N–H and O–H groups in total. The molecule has 0 atom stereocenters. The zero-order valence-electron chi connectivity index (χ0n) is 23.5. The number of fused-ring (bicyclic) bond motifs is 2. The first-order valence-electron chi connectivity index (χ1n) is 13.3. The van der Waals surface area contributed by atoms with Crippen molar-refractivity contribution in [2.75, 3.05) is 40.3 Å². The minimum Gasteiger partial charge on any atom is -0.493 e. The highest BCUT2D eigenvalue weighted by molar-refractivity contribution is 5.58. The van der Waals surface area contributed by atoms with Crippen molar-refractivity contribution in [3.63, 3.8) is 0 Å². The van der Waals surface area contributed by atoms with Crippen molar-refractivity contribution in [1.82, 2.24) is 24.5 Å². The molecule has 212 valence electrons. The summed E-state index contributed by atoms with van der Waals surface area (Å²) in [5.41, 5.74) is 5.20. The minimum absolute atomic E-state index is 0.499. The average molecular weight is 557 g/mol. The van der Waals surface area contributed by atoms with Crippen molar-refractivity contribution in [2.24, 2.45) is 0 Å². The summed E-state index contributed by atoms with van der Waals surface area (Å²) >= 11 is 0. The molecule has 3 aromatic heterocycles. The number of anilines is 1. The molecule has 0 unspecified atom stereocenters. The Kier molecular flexibility index (Phi) is 7.34. The molecule has 0 bridgehead atoms. The fourth-order valence-electron chi connectivity index (χ4n) is 5.15. The summed E-state index contributed by atoms with van der Waals surface area (Å²) < 4.78 is 29.2. The van der Waals surface area contributed by atoms with E-state index in [0.717, 1.165) is 47.8 Å². The Bertz CT molecular complexity index is 1670. The Morgan fingerprint density at radius 1 is 0.902 bits per heavy atom. The molecular weight excluding hydrogens is 524 g/mol. The summed E-state index contributed by atoms with van der Waals surface area (Å²) in [4.78, 5) is 12.0. The van der Waals surface area contributed by atoms with E-state index in [-0.39, 0.29) is 0 Å². The highest BCUT2D eigenvalue weighted by Gasteiger charge is 2.22. The molecule has 1 aliphatic rings. The third-order valence-corrected chi connectivity index (χ3v) is 7.27. The van der Waals surface area contributed by atoms with Gasteiger partial charge < -0.3 is 28.7 Å². The lowest BCUT2D eigenvalue weighted by molar-refractivity contribution is 0.244. The summed E-state index contributed by atoms with van der Waals surface area (Å²) in [7, 11) is 6.57. The second kappa shape index (κ2) is 11.4. The van der Waals surface area contributed by atoms with Crippen molar-refractivity contribution >= 4 is 11.6 Å². The average Bonchev–Trinajstić information content (AvgIpc) is 3.71. The van der Waals surface area contributed by atoms with Crippen molar-refractivity contribution in [2.45, 2.75) is 26.1 Å². The van der Waals surface area contributed by atoms with Gasteiger partial charge in [-0.3, -0.25) is 4.90 Å². The summed E-state index contributed by atoms with van der Waals surface area (Å²) in [6.45, 7) is 2.84. The predicted octanol–water partition coefficient (Wildman–Crippen LogP) is 4.59. The number of hydrogen-bond acceptors (Lipinski definition) is 10. The van der Waals surface area contributed by atoms with Gasteiger partial charge in [0.1, 0.15) is 0 Å². The summed E-state index contributed by atoms with van der Waals surface area (Å²) in [6, 6.07) is 13.6. The maximum absolute atomic E-state index is 5.60. The maximum atomic E-state index is 5.60. The van der Waals surface area contributed by atoms with E-state index in [4.69, 9.17) is 38.4 Å². The van der Waals surface area contributed by atoms with Crippen LogP contribution in [-0.2, 0) is 26.1 Å². The quantitative estimate of drug-likeness (QED) is 0.262. The molecule has 11 nitrogen and oxygen atoms in total. The van der Waals surface area contributed by atoms with Gasteiger partial charge in [0.05, 0.1) is 34.7 Å². The molecule has 1 aliphatic heterocycles. The number of furan rings is 1. The summed E-state index contributed by atoms with van der Waals surface area (Å²) in [5.74, 6) is 4.51. The third kappa shape index (κ3) is 5.23. The van der Waals surface area contributed by atoms with Crippen LogP contribution < -0.4 is 24.3 Å². The topological polar surface area (TPSA) is 108 Å². The summed E-state index contributed by atoms with van der Waals surface area (Å²) in [5, 5.41) is 8.15. The highest BCUT2D eigenvalue weighted by Crippen LogP contribution is 2.34. The molecule has 2 aromatic carbocycles. The number of aromatic nitrogens is 4. The molecule has 11 heteroatoms. The Morgan fingerprint density at radius 2 is 1.66 bits per heavy atom.